The Morgan fingerprint density at radius 1 is 0.892 bits per heavy atom. The van der Waals surface area contributed by atoms with Gasteiger partial charge < -0.3 is 14.6 Å². The number of aryl methyl sites for hydroxylation is 2. The summed E-state index contributed by atoms with van der Waals surface area (Å²) in [7, 11) is 0. The number of carbonyl (C=O) groups is 3. The molecule has 1 fully saturated rings. The van der Waals surface area contributed by atoms with Gasteiger partial charge in [-0.2, -0.15) is 0 Å². The summed E-state index contributed by atoms with van der Waals surface area (Å²) in [5, 5.41) is 11.3. The molecule has 0 aromatic heterocycles. The molecule has 37 heavy (non-hydrogen) atoms. The third-order valence-electron chi connectivity index (χ3n) is 6.17. The molecule has 190 valence electrons. The number of aliphatic hydroxyl groups excluding tert-OH is 1. The zero-order chi connectivity index (χ0) is 26.9. The average Bonchev–Trinajstić information content (AvgIpc) is 3.11. The molecule has 1 atom stereocenters. The molecule has 4 rings (SSSR count). The van der Waals surface area contributed by atoms with Crippen molar-refractivity contribution >= 4 is 29.1 Å². The molecule has 1 saturated heterocycles. The maximum atomic E-state index is 13.4. The van der Waals surface area contributed by atoms with Crippen LogP contribution in [0, 0.1) is 13.8 Å². The molecule has 1 amide bonds. The van der Waals surface area contributed by atoms with Crippen molar-refractivity contribution in [3.05, 3.63) is 94.6 Å². The number of hydrogen-bond acceptors (Lipinski definition) is 6. The van der Waals surface area contributed by atoms with Gasteiger partial charge in [0.2, 0.25) is 0 Å². The van der Waals surface area contributed by atoms with Crippen LogP contribution < -0.4 is 14.4 Å². The number of Topliss-reactive ketones (excluding diaryl/α,β-unsaturated/α-hetero) is 1. The minimum atomic E-state index is -0.889. The lowest BCUT2D eigenvalue weighted by Crippen LogP contribution is -2.29. The second kappa shape index (κ2) is 10.3. The highest BCUT2D eigenvalue weighted by atomic mass is 16.5. The topological polar surface area (TPSA) is 93.1 Å². The van der Waals surface area contributed by atoms with Gasteiger partial charge in [-0.05, 0) is 92.9 Å². The van der Waals surface area contributed by atoms with E-state index in [1.54, 1.807) is 54.6 Å². The van der Waals surface area contributed by atoms with Gasteiger partial charge in [0, 0.05) is 18.2 Å². The van der Waals surface area contributed by atoms with E-state index in [9.17, 15) is 19.5 Å². The molecule has 1 aliphatic heterocycles. The Hall–Kier alpha value is -4.39. The number of esters is 1. The molecular formula is C30H29NO6. The predicted molar refractivity (Wildman–Crippen MR) is 141 cm³/mol. The summed E-state index contributed by atoms with van der Waals surface area (Å²) in [5.74, 6) is -1.31. The van der Waals surface area contributed by atoms with Gasteiger partial charge in [-0.15, -0.1) is 0 Å². The molecule has 1 aliphatic rings. The van der Waals surface area contributed by atoms with E-state index in [4.69, 9.17) is 9.47 Å². The van der Waals surface area contributed by atoms with Crippen LogP contribution >= 0.6 is 0 Å². The van der Waals surface area contributed by atoms with Crippen molar-refractivity contribution in [2.45, 2.75) is 46.8 Å². The monoisotopic (exact) mass is 499 g/mol. The number of carbonyl (C=O) groups excluding carboxylic acids is 3. The van der Waals surface area contributed by atoms with Crippen molar-refractivity contribution < 1.29 is 29.0 Å². The van der Waals surface area contributed by atoms with E-state index in [2.05, 4.69) is 0 Å². The van der Waals surface area contributed by atoms with Crippen LogP contribution in [0.4, 0.5) is 5.69 Å². The number of ether oxygens (including phenoxy) is 2. The van der Waals surface area contributed by atoms with Gasteiger partial charge in [-0.1, -0.05) is 18.2 Å². The Morgan fingerprint density at radius 3 is 2.08 bits per heavy atom. The zero-order valence-electron chi connectivity index (χ0n) is 21.4. The van der Waals surface area contributed by atoms with Crippen molar-refractivity contribution in [2.24, 2.45) is 0 Å². The van der Waals surface area contributed by atoms with Crippen LogP contribution in [0.1, 0.15) is 49.1 Å². The van der Waals surface area contributed by atoms with Gasteiger partial charge in [0.05, 0.1) is 17.7 Å². The molecule has 1 N–H and O–H groups in total. The fourth-order valence-corrected chi connectivity index (χ4v) is 4.29. The fourth-order valence-electron chi connectivity index (χ4n) is 4.29. The van der Waals surface area contributed by atoms with Crippen LogP contribution in [-0.2, 0) is 14.4 Å². The average molecular weight is 500 g/mol. The minimum absolute atomic E-state index is 0.0160. The number of nitrogens with zero attached hydrogens (tertiary/aromatic N) is 1. The molecule has 0 radical (unpaired) electrons. The number of anilines is 1. The lowest BCUT2D eigenvalue weighted by molar-refractivity contribution is -0.132. The van der Waals surface area contributed by atoms with Crippen LogP contribution in [0.3, 0.4) is 0 Å². The molecule has 7 nitrogen and oxygen atoms in total. The van der Waals surface area contributed by atoms with Gasteiger partial charge in [-0.25, -0.2) is 0 Å². The largest absolute Gasteiger partial charge is 0.507 e. The predicted octanol–water partition coefficient (Wildman–Crippen LogP) is 5.64. The molecule has 0 aliphatic carbocycles. The third kappa shape index (κ3) is 5.26. The highest BCUT2D eigenvalue weighted by molar-refractivity contribution is 6.51. The number of aliphatic hydroxyl groups is 1. The van der Waals surface area contributed by atoms with Crippen LogP contribution in [-0.4, -0.2) is 28.9 Å². The van der Waals surface area contributed by atoms with E-state index < -0.39 is 23.7 Å². The van der Waals surface area contributed by atoms with Crippen LogP contribution in [0.2, 0.25) is 0 Å². The number of rotatable bonds is 6. The molecule has 1 unspecified atom stereocenters. The molecule has 0 saturated carbocycles. The summed E-state index contributed by atoms with van der Waals surface area (Å²) >= 11 is 0. The molecule has 3 aromatic rings. The van der Waals surface area contributed by atoms with Crippen molar-refractivity contribution in [1.29, 1.82) is 0 Å². The van der Waals surface area contributed by atoms with E-state index in [1.807, 2.05) is 39.8 Å². The first-order chi connectivity index (χ1) is 17.6. The van der Waals surface area contributed by atoms with E-state index in [0.717, 1.165) is 11.1 Å². The molecular weight excluding hydrogens is 470 g/mol. The quantitative estimate of drug-likeness (QED) is 0.155. The Labute approximate surface area is 215 Å². The molecule has 0 spiro atoms. The van der Waals surface area contributed by atoms with Crippen molar-refractivity contribution in [3.8, 4) is 11.5 Å². The number of hydrogen-bond donors (Lipinski definition) is 1. The summed E-state index contributed by atoms with van der Waals surface area (Å²) in [6, 6.07) is 17.9. The number of amides is 1. The summed E-state index contributed by atoms with van der Waals surface area (Å²) in [5.41, 5.74) is 3.49. The van der Waals surface area contributed by atoms with Crippen molar-refractivity contribution in [2.75, 3.05) is 4.90 Å². The van der Waals surface area contributed by atoms with Gasteiger partial charge in [0.25, 0.3) is 11.7 Å². The maximum Gasteiger partial charge on any atom is 0.308 e. The lowest BCUT2D eigenvalue weighted by atomic mass is 9.95. The normalized spacial score (nSPS) is 16.8. The fraction of sp³-hybridized carbons (Fsp3) is 0.233. The van der Waals surface area contributed by atoms with Crippen molar-refractivity contribution in [1.82, 2.24) is 0 Å². The van der Waals surface area contributed by atoms with Gasteiger partial charge >= 0.3 is 5.97 Å². The minimum Gasteiger partial charge on any atom is -0.507 e. The highest BCUT2D eigenvalue weighted by Crippen LogP contribution is 2.43. The first kappa shape index (κ1) is 25.7. The first-order valence-corrected chi connectivity index (χ1v) is 12.0. The summed E-state index contributed by atoms with van der Waals surface area (Å²) in [6.07, 6.45) is -0.0160. The van der Waals surface area contributed by atoms with E-state index >= 15 is 0 Å². The Balaban J connectivity index is 1.86. The molecule has 1 heterocycles. The van der Waals surface area contributed by atoms with Crippen LogP contribution in [0.25, 0.3) is 5.76 Å². The smallest absolute Gasteiger partial charge is 0.308 e. The highest BCUT2D eigenvalue weighted by Gasteiger charge is 2.47. The first-order valence-electron chi connectivity index (χ1n) is 12.0. The Kier molecular flexibility index (Phi) is 7.16. The summed E-state index contributed by atoms with van der Waals surface area (Å²) in [4.78, 5) is 39.5. The van der Waals surface area contributed by atoms with Gasteiger partial charge in [-0.3, -0.25) is 19.3 Å². The van der Waals surface area contributed by atoms with E-state index in [-0.39, 0.29) is 17.4 Å². The maximum absolute atomic E-state index is 13.4. The SMILES string of the molecule is CC(=O)Oc1ccc(C2/C(=C(\O)c3ccc(OC(C)C)cc3)C(=O)C(=O)N2c2ccc(C)c(C)c2)cc1. The standard InChI is InChI=1S/C30H29NO6/c1-17(2)36-24-14-9-22(10-15-24)28(33)26-27(21-7-12-25(13-8-21)37-20(5)32)31(30(35)29(26)34)23-11-6-18(3)19(4)16-23/h6-17,27,33H,1-5H3/b28-26+. The van der Waals surface area contributed by atoms with Crippen LogP contribution in [0.15, 0.2) is 72.3 Å². The molecule has 3 aromatic carbocycles. The second-order valence-electron chi connectivity index (χ2n) is 9.29. The summed E-state index contributed by atoms with van der Waals surface area (Å²) in [6.45, 7) is 9.02. The number of ketones is 1. The molecule has 0 bridgehead atoms. The Bertz CT molecular complexity index is 1390. The lowest BCUT2D eigenvalue weighted by Gasteiger charge is -2.26. The summed E-state index contributed by atoms with van der Waals surface area (Å²) < 4.78 is 10.8. The van der Waals surface area contributed by atoms with E-state index in [0.29, 0.717) is 28.3 Å². The van der Waals surface area contributed by atoms with Crippen molar-refractivity contribution in [3.63, 3.8) is 0 Å². The second-order valence-corrected chi connectivity index (χ2v) is 9.29. The van der Waals surface area contributed by atoms with E-state index in [1.165, 1.54) is 11.8 Å². The number of benzene rings is 3. The zero-order valence-corrected chi connectivity index (χ0v) is 21.4. The van der Waals surface area contributed by atoms with Crippen LogP contribution in [0.5, 0.6) is 11.5 Å². The Morgan fingerprint density at radius 2 is 1.51 bits per heavy atom. The van der Waals surface area contributed by atoms with Gasteiger partial charge in [0.15, 0.2) is 0 Å². The molecule has 7 heteroatoms. The third-order valence-corrected chi connectivity index (χ3v) is 6.17. The van der Waals surface area contributed by atoms with Gasteiger partial charge in [0.1, 0.15) is 17.3 Å².